The minimum Gasteiger partial charge on any atom is -0.469 e. The molecule has 0 aliphatic carbocycles. The zero-order valence-electron chi connectivity index (χ0n) is 15.6. The predicted molar refractivity (Wildman–Crippen MR) is 103 cm³/mol. The van der Waals surface area contributed by atoms with Crippen molar-refractivity contribution < 1.29 is 19.4 Å². The van der Waals surface area contributed by atoms with Crippen LogP contribution < -0.4 is 0 Å². The third-order valence-corrected chi connectivity index (χ3v) is 5.46. The molecule has 2 atom stereocenters. The number of carbonyl (C=O) groups excluding carboxylic acids is 2. The molecular formula is C19H33NO4S. The highest BCUT2D eigenvalue weighted by atomic mass is 32.2. The highest BCUT2D eigenvalue weighted by Crippen LogP contribution is 2.21. The highest BCUT2D eigenvalue weighted by molar-refractivity contribution is 7.99. The molecule has 6 heteroatoms. The Kier molecular flexibility index (Phi) is 11.7. The van der Waals surface area contributed by atoms with Gasteiger partial charge in [0.05, 0.1) is 19.3 Å². The summed E-state index contributed by atoms with van der Waals surface area (Å²) in [6.45, 7) is 2.88. The van der Waals surface area contributed by atoms with Gasteiger partial charge in [0.25, 0.3) is 0 Å². The molecule has 0 aromatic rings. The van der Waals surface area contributed by atoms with Gasteiger partial charge in [-0.05, 0) is 25.0 Å². The molecular weight excluding hydrogens is 338 g/mol. The Morgan fingerprint density at radius 3 is 2.92 bits per heavy atom. The molecule has 1 N–H and O–H groups in total. The normalized spacial score (nSPS) is 18.9. The minimum absolute atomic E-state index is 0.115. The summed E-state index contributed by atoms with van der Waals surface area (Å²) in [4.78, 5) is 25.0. The fourth-order valence-electron chi connectivity index (χ4n) is 2.89. The summed E-state index contributed by atoms with van der Waals surface area (Å²) < 4.78 is 4.61. The number of hydrogen-bond donors (Lipinski definition) is 1. The number of ether oxygens (including phenoxy) is 1. The van der Waals surface area contributed by atoms with Crippen molar-refractivity contribution in [2.24, 2.45) is 0 Å². The Labute approximate surface area is 156 Å². The van der Waals surface area contributed by atoms with E-state index >= 15 is 0 Å². The first-order valence-electron chi connectivity index (χ1n) is 9.38. The third kappa shape index (κ3) is 9.31. The van der Waals surface area contributed by atoms with Gasteiger partial charge in [-0.15, -0.1) is 0 Å². The van der Waals surface area contributed by atoms with Crippen LogP contribution in [0.5, 0.6) is 0 Å². The Hall–Kier alpha value is -1.01. The van der Waals surface area contributed by atoms with Crippen LogP contribution in [0.3, 0.4) is 0 Å². The first-order valence-corrected chi connectivity index (χ1v) is 10.5. The summed E-state index contributed by atoms with van der Waals surface area (Å²) >= 11 is 1.76. The van der Waals surface area contributed by atoms with Crippen LogP contribution in [0.2, 0.25) is 0 Å². The number of likely N-dealkylation sites (tertiary alicyclic amines) is 1. The van der Waals surface area contributed by atoms with Crippen molar-refractivity contribution in [2.75, 3.05) is 25.2 Å². The maximum atomic E-state index is 12.0. The molecule has 1 heterocycles. The summed E-state index contributed by atoms with van der Waals surface area (Å²) in [6.07, 6.45) is 10.3. The molecule has 25 heavy (non-hydrogen) atoms. The zero-order chi connectivity index (χ0) is 18.5. The van der Waals surface area contributed by atoms with Crippen molar-refractivity contribution in [3.63, 3.8) is 0 Å². The van der Waals surface area contributed by atoms with E-state index in [1.807, 2.05) is 17.1 Å². The molecule has 5 nitrogen and oxygen atoms in total. The second-order valence-corrected chi connectivity index (χ2v) is 7.66. The Morgan fingerprint density at radius 2 is 2.20 bits per heavy atom. The van der Waals surface area contributed by atoms with Gasteiger partial charge in [0, 0.05) is 25.1 Å². The number of methoxy groups -OCH3 is 1. The predicted octanol–water partition coefficient (Wildman–Crippen LogP) is 3.16. The van der Waals surface area contributed by atoms with Crippen LogP contribution in [0, 0.1) is 0 Å². The summed E-state index contributed by atoms with van der Waals surface area (Å²) in [5, 5.41) is 9.99. The number of hydrogen-bond acceptors (Lipinski definition) is 5. The van der Waals surface area contributed by atoms with E-state index in [4.69, 9.17) is 0 Å². The lowest BCUT2D eigenvalue weighted by Gasteiger charge is -2.22. The molecule has 144 valence electrons. The molecule has 1 amide bonds. The van der Waals surface area contributed by atoms with Crippen LogP contribution in [0.25, 0.3) is 0 Å². The molecule has 0 aromatic heterocycles. The van der Waals surface area contributed by atoms with Gasteiger partial charge in [-0.25, -0.2) is 0 Å². The molecule has 1 aliphatic rings. The van der Waals surface area contributed by atoms with Gasteiger partial charge in [-0.2, -0.15) is 11.8 Å². The molecule has 1 aliphatic heterocycles. The number of rotatable bonds is 13. The quantitative estimate of drug-likeness (QED) is 0.306. The summed E-state index contributed by atoms with van der Waals surface area (Å²) in [6, 6.07) is 0.115. The number of unbranched alkanes of at least 4 members (excludes halogenated alkanes) is 2. The number of amides is 1. The number of esters is 1. The lowest BCUT2D eigenvalue weighted by atomic mass is 10.1. The van der Waals surface area contributed by atoms with Crippen LogP contribution in [0.1, 0.15) is 58.3 Å². The van der Waals surface area contributed by atoms with E-state index in [1.165, 1.54) is 7.11 Å². The highest BCUT2D eigenvalue weighted by Gasteiger charge is 2.28. The average molecular weight is 372 g/mol. The number of nitrogens with zero attached hydrogens (tertiary/aromatic N) is 1. The second kappa shape index (κ2) is 13.2. The van der Waals surface area contributed by atoms with Crippen LogP contribution in [-0.4, -0.2) is 59.2 Å². The molecule has 0 saturated carbocycles. The van der Waals surface area contributed by atoms with Crippen molar-refractivity contribution in [1.82, 2.24) is 4.90 Å². The second-order valence-electron chi connectivity index (χ2n) is 6.43. The van der Waals surface area contributed by atoms with Gasteiger partial charge in [0.2, 0.25) is 5.91 Å². The third-order valence-electron chi connectivity index (χ3n) is 4.41. The minimum atomic E-state index is -0.406. The molecule has 1 rings (SSSR count). The van der Waals surface area contributed by atoms with Crippen LogP contribution in [0.15, 0.2) is 12.2 Å². The smallest absolute Gasteiger partial charge is 0.305 e. The first kappa shape index (κ1) is 22.0. The SMILES string of the molecule is CCCCC[C@H](O)C=C[C@H]1CCC(=O)N1CCSCCCC(=O)OC. The Morgan fingerprint density at radius 1 is 1.40 bits per heavy atom. The number of thioether (sulfide) groups is 1. The summed E-state index contributed by atoms with van der Waals surface area (Å²) in [7, 11) is 1.41. The lowest BCUT2D eigenvalue weighted by Crippen LogP contribution is -2.34. The number of aliphatic hydroxyl groups is 1. The Balaban J connectivity index is 2.26. The van der Waals surface area contributed by atoms with Crippen molar-refractivity contribution in [3.05, 3.63) is 12.2 Å². The van der Waals surface area contributed by atoms with Crippen LogP contribution in [-0.2, 0) is 14.3 Å². The van der Waals surface area contributed by atoms with Gasteiger partial charge in [-0.1, -0.05) is 38.3 Å². The molecule has 1 saturated heterocycles. The van der Waals surface area contributed by atoms with E-state index in [9.17, 15) is 14.7 Å². The molecule has 0 unspecified atom stereocenters. The first-order chi connectivity index (χ1) is 12.1. The molecule has 1 fully saturated rings. The molecule has 0 bridgehead atoms. The molecule has 0 aromatic carbocycles. The van der Waals surface area contributed by atoms with E-state index in [2.05, 4.69) is 11.7 Å². The van der Waals surface area contributed by atoms with E-state index < -0.39 is 6.10 Å². The Bertz CT molecular complexity index is 428. The number of aliphatic hydroxyl groups excluding tert-OH is 1. The van der Waals surface area contributed by atoms with E-state index in [0.717, 1.165) is 56.6 Å². The van der Waals surface area contributed by atoms with Crippen molar-refractivity contribution >= 4 is 23.6 Å². The fraction of sp³-hybridized carbons (Fsp3) is 0.789. The van der Waals surface area contributed by atoms with E-state index in [-0.39, 0.29) is 17.9 Å². The maximum absolute atomic E-state index is 12.0. The average Bonchev–Trinajstić information content (AvgIpc) is 2.96. The van der Waals surface area contributed by atoms with Gasteiger partial charge in [-0.3, -0.25) is 9.59 Å². The van der Waals surface area contributed by atoms with E-state index in [1.54, 1.807) is 11.8 Å². The van der Waals surface area contributed by atoms with Crippen molar-refractivity contribution in [2.45, 2.75) is 70.4 Å². The van der Waals surface area contributed by atoms with E-state index in [0.29, 0.717) is 12.8 Å². The van der Waals surface area contributed by atoms with Crippen molar-refractivity contribution in [1.29, 1.82) is 0 Å². The topological polar surface area (TPSA) is 66.8 Å². The molecule has 0 spiro atoms. The zero-order valence-corrected chi connectivity index (χ0v) is 16.4. The van der Waals surface area contributed by atoms with Crippen LogP contribution >= 0.6 is 11.8 Å². The monoisotopic (exact) mass is 371 g/mol. The van der Waals surface area contributed by atoms with Gasteiger partial charge in [0.1, 0.15) is 0 Å². The van der Waals surface area contributed by atoms with Crippen LogP contribution in [0.4, 0.5) is 0 Å². The molecule has 0 radical (unpaired) electrons. The van der Waals surface area contributed by atoms with Gasteiger partial charge >= 0.3 is 5.97 Å². The number of carbonyl (C=O) groups is 2. The van der Waals surface area contributed by atoms with Gasteiger partial charge < -0.3 is 14.7 Å². The summed E-state index contributed by atoms with van der Waals surface area (Å²) in [5.41, 5.74) is 0. The van der Waals surface area contributed by atoms with Crippen molar-refractivity contribution in [3.8, 4) is 0 Å². The lowest BCUT2D eigenvalue weighted by molar-refractivity contribution is -0.140. The van der Waals surface area contributed by atoms with Gasteiger partial charge in [0.15, 0.2) is 0 Å². The fourth-order valence-corrected chi connectivity index (χ4v) is 3.77. The standard InChI is InChI=1S/C19H33NO4S/c1-3-4-5-7-17(21)11-9-16-10-12-18(22)20(16)13-15-25-14-6-8-19(23)24-2/h9,11,16-17,21H,3-8,10,12-15H2,1-2H3/t16-,17-/m0/s1. The maximum Gasteiger partial charge on any atom is 0.305 e. The summed E-state index contributed by atoms with van der Waals surface area (Å²) in [5.74, 6) is 1.80. The largest absolute Gasteiger partial charge is 0.469 e.